The summed E-state index contributed by atoms with van der Waals surface area (Å²) in [6, 6.07) is 11.4. The third-order valence-electron chi connectivity index (χ3n) is 3.04. The van der Waals surface area contributed by atoms with Crippen molar-refractivity contribution in [2.24, 2.45) is 0 Å². The van der Waals surface area contributed by atoms with Crippen molar-refractivity contribution in [2.45, 2.75) is 6.18 Å². The van der Waals surface area contributed by atoms with Gasteiger partial charge in [0.15, 0.2) is 0 Å². The van der Waals surface area contributed by atoms with Crippen molar-refractivity contribution in [3.63, 3.8) is 0 Å². The Morgan fingerprint density at radius 1 is 1.00 bits per heavy atom. The van der Waals surface area contributed by atoms with E-state index in [1.165, 1.54) is 6.07 Å². The van der Waals surface area contributed by atoms with Crippen molar-refractivity contribution < 1.29 is 13.2 Å². The summed E-state index contributed by atoms with van der Waals surface area (Å²) >= 11 is 5.97. The van der Waals surface area contributed by atoms with E-state index in [2.05, 4.69) is 9.97 Å². The van der Waals surface area contributed by atoms with Crippen LogP contribution in [0, 0.1) is 0 Å². The maximum Gasteiger partial charge on any atom is 0.433 e. The lowest BCUT2D eigenvalue weighted by Gasteiger charge is -2.09. The first-order chi connectivity index (χ1) is 9.95. The molecule has 0 aliphatic heterocycles. The van der Waals surface area contributed by atoms with Crippen molar-refractivity contribution in [3.8, 4) is 11.3 Å². The number of rotatable bonds is 1. The molecule has 3 rings (SSSR count). The maximum absolute atomic E-state index is 12.5. The van der Waals surface area contributed by atoms with Crippen molar-refractivity contribution in [2.75, 3.05) is 0 Å². The van der Waals surface area contributed by atoms with Gasteiger partial charge in [-0.1, -0.05) is 35.9 Å². The number of benzene rings is 1. The highest BCUT2D eigenvalue weighted by molar-refractivity contribution is 6.30. The van der Waals surface area contributed by atoms with E-state index in [0.29, 0.717) is 11.3 Å². The van der Waals surface area contributed by atoms with Crippen LogP contribution in [0.15, 0.2) is 48.7 Å². The summed E-state index contributed by atoms with van der Waals surface area (Å²) in [5.41, 5.74) is 0.0682. The van der Waals surface area contributed by atoms with Gasteiger partial charge in [0.25, 0.3) is 0 Å². The molecule has 0 fully saturated rings. The highest BCUT2D eigenvalue weighted by Crippen LogP contribution is 2.31. The van der Waals surface area contributed by atoms with Crippen LogP contribution >= 0.6 is 11.6 Å². The van der Waals surface area contributed by atoms with E-state index in [1.807, 2.05) is 24.3 Å². The standard InChI is InChI=1S/C15H8ClF3N2/c16-13-7-9-3-1-2-4-11(9)14(21-13)10-5-6-12(20-8-10)15(17,18)19/h1-8H. The number of alkyl halides is 3. The van der Waals surface area contributed by atoms with Crippen molar-refractivity contribution in [3.05, 3.63) is 59.5 Å². The van der Waals surface area contributed by atoms with Crippen LogP contribution in [0.4, 0.5) is 13.2 Å². The maximum atomic E-state index is 12.5. The first-order valence-electron chi connectivity index (χ1n) is 6.04. The first-order valence-corrected chi connectivity index (χ1v) is 6.42. The van der Waals surface area contributed by atoms with E-state index in [0.717, 1.165) is 23.0 Å². The topological polar surface area (TPSA) is 25.8 Å². The molecule has 0 saturated carbocycles. The van der Waals surface area contributed by atoms with Crippen LogP contribution in [0.25, 0.3) is 22.0 Å². The van der Waals surface area contributed by atoms with Gasteiger partial charge in [0, 0.05) is 17.1 Å². The van der Waals surface area contributed by atoms with Crippen molar-refractivity contribution in [1.82, 2.24) is 9.97 Å². The molecule has 0 spiro atoms. The highest BCUT2D eigenvalue weighted by Gasteiger charge is 2.32. The van der Waals surface area contributed by atoms with Crippen LogP contribution in [0.5, 0.6) is 0 Å². The number of pyridine rings is 2. The third-order valence-corrected chi connectivity index (χ3v) is 3.23. The highest BCUT2D eigenvalue weighted by atomic mass is 35.5. The van der Waals surface area contributed by atoms with Gasteiger partial charge in [-0.25, -0.2) is 4.98 Å². The number of hydrogen-bond donors (Lipinski definition) is 0. The fourth-order valence-corrected chi connectivity index (χ4v) is 2.29. The van der Waals surface area contributed by atoms with Gasteiger partial charge in [-0.3, -0.25) is 4.98 Å². The largest absolute Gasteiger partial charge is 0.433 e. The lowest BCUT2D eigenvalue weighted by Crippen LogP contribution is -2.07. The molecule has 106 valence electrons. The summed E-state index contributed by atoms with van der Waals surface area (Å²) in [6.07, 6.45) is -3.30. The molecule has 0 atom stereocenters. The molecular weight excluding hydrogens is 301 g/mol. The summed E-state index contributed by atoms with van der Waals surface area (Å²) < 4.78 is 37.6. The molecule has 3 aromatic rings. The monoisotopic (exact) mass is 308 g/mol. The number of fused-ring (bicyclic) bond motifs is 1. The lowest BCUT2D eigenvalue weighted by atomic mass is 10.1. The van der Waals surface area contributed by atoms with Gasteiger partial charge in [-0.05, 0) is 23.6 Å². The smallest absolute Gasteiger partial charge is 0.251 e. The van der Waals surface area contributed by atoms with Gasteiger partial charge in [0.2, 0.25) is 0 Å². The molecule has 0 N–H and O–H groups in total. The second-order valence-electron chi connectivity index (χ2n) is 4.44. The van der Waals surface area contributed by atoms with Crippen LogP contribution in [0.2, 0.25) is 5.15 Å². The number of hydrogen-bond acceptors (Lipinski definition) is 2. The Labute approximate surface area is 123 Å². The normalized spacial score (nSPS) is 11.8. The van der Waals surface area contributed by atoms with E-state index in [4.69, 9.17) is 11.6 Å². The molecule has 6 heteroatoms. The molecule has 0 aliphatic rings. The van der Waals surface area contributed by atoms with Crippen LogP contribution in [-0.2, 0) is 6.18 Å². The average Bonchev–Trinajstić information content (AvgIpc) is 2.45. The lowest BCUT2D eigenvalue weighted by molar-refractivity contribution is -0.141. The Morgan fingerprint density at radius 2 is 1.76 bits per heavy atom. The molecule has 0 radical (unpaired) electrons. The zero-order valence-corrected chi connectivity index (χ0v) is 11.3. The van der Waals surface area contributed by atoms with Crippen molar-refractivity contribution >= 4 is 22.4 Å². The minimum Gasteiger partial charge on any atom is -0.251 e. The molecule has 2 aromatic heterocycles. The molecule has 1 aromatic carbocycles. The minimum absolute atomic E-state index is 0.281. The molecule has 0 unspecified atom stereocenters. The Bertz CT molecular complexity index is 798. The molecule has 0 bridgehead atoms. The molecule has 0 aliphatic carbocycles. The number of aromatic nitrogens is 2. The zero-order chi connectivity index (χ0) is 15.0. The first kappa shape index (κ1) is 13.8. The molecule has 0 amide bonds. The van der Waals surface area contributed by atoms with Crippen molar-refractivity contribution in [1.29, 1.82) is 0 Å². The predicted octanol–water partition coefficient (Wildman–Crippen LogP) is 4.97. The number of nitrogens with zero attached hydrogens (tertiary/aromatic N) is 2. The average molecular weight is 309 g/mol. The fraction of sp³-hybridized carbons (Fsp3) is 0.0667. The summed E-state index contributed by atoms with van der Waals surface area (Å²) in [6.45, 7) is 0. The molecule has 2 nitrogen and oxygen atoms in total. The molecule has 21 heavy (non-hydrogen) atoms. The van der Waals surface area contributed by atoms with Crippen LogP contribution in [-0.4, -0.2) is 9.97 Å². The molecule has 0 saturated heterocycles. The van der Waals surface area contributed by atoms with Gasteiger partial charge in [0.1, 0.15) is 10.8 Å². The third kappa shape index (κ3) is 2.69. The van der Waals surface area contributed by atoms with E-state index in [9.17, 15) is 13.2 Å². The second-order valence-corrected chi connectivity index (χ2v) is 4.83. The number of halogens is 4. The van der Waals surface area contributed by atoms with E-state index >= 15 is 0 Å². The van der Waals surface area contributed by atoms with Gasteiger partial charge in [0.05, 0.1) is 5.69 Å². The minimum atomic E-state index is -4.46. The summed E-state index contributed by atoms with van der Waals surface area (Å²) in [5, 5.41) is 1.96. The van der Waals surface area contributed by atoms with E-state index in [1.54, 1.807) is 6.07 Å². The SMILES string of the molecule is FC(F)(F)c1ccc(-c2nc(Cl)cc3ccccc23)cn1. The van der Waals surface area contributed by atoms with Gasteiger partial charge < -0.3 is 0 Å². The second kappa shape index (κ2) is 5.00. The summed E-state index contributed by atoms with van der Waals surface area (Å²) in [7, 11) is 0. The Morgan fingerprint density at radius 3 is 2.43 bits per heavy atom. The Hall–Kier alpha value is -2.14. The van der Waals surface area contributed by atoms with Crippen LogP contribution < -0.4 is 0 Å². The van der Waals surface area contributed by atoms with Gasteiger partial charge >= 0.3 is 6.18 Å². The Balaban J connectivity index is 2.16. The van der Waals surface area contributed by atoms with E-state index < -0.39 is 11.9 Å². The summed E-state index contributed by atoms with van der Waals surface area (Å²) in [5.74, 6) is 0. The zero-order valence-electron chi connectivity index (χ0n) is 10.5. The Kier molecular flexibility index (Phi) is 3.29. The molecule has 2 heterocycles. The van der Waals surface area contributed by atoms with Gasteiger partial charge in [-0.15, -0.1) is 0 Å². The van der Waals surface area contributed by atoms with Crippen LogP contribution in [0.1, 0.15) is 5.69 Å². The predicted molar refractivity (Wildman–Crippen MR) is 75.0 cm³/mol. The quantitative estimate of drug-likeness (QED) is 0.593. The van der Waals surface area contributed by atoms with E-state index in [-0.39, 0.29) is 5.15 Å². The fourth-order valence-electron chi connectivity index (χ4n) is 2.09. The molecular formula is C15H8ClF3N2. The summed E-state index contributed by atoms with van der Waals surface area (Å²) in [4.78, 5) is 7.66. The van der Waals surface area contributed by atoms with Crippen LogP contribution in [0.3, 0.4) is 0 Å². The van der Waals surface area contributed by atoms with Gasteiger partial charge in [-0.2, -0.15) is 13.2 Å².